The van der Waals surface area contributed by atoms with Gasteiger partial charge in [-0.15, -0.1) is 10.2 Å². The van der Waals surface area contributed by atoms with Gasteiger partial charge in [0, 0.05) is 33.3 Å². The van der Waals surface area contributed by atoms with Crippen LogP contribution in [0.1, 0.15) is 15.4 Å². The second kappa shape index (κ2) is 9.53. The number of hydrogen-bond acceptors (Lipinski definition) is 9. The van der Waals surface area contributed by atoms with Gasteiger partial charge in [0.05, 0.1) is 16.3 Å². The Morgan fingerprint density at radius 1 is 0.971 bits per heavy atom. The zero-order chi connectivity index (χ0) is 24.4. The molecular weight excluding hydrogens is 502 g/mol. The molecule has 1 aliphatic rings. The van der Waals surface area contributed by atoms with Gasteiger partial charge in [-0.05, 0) is 61.5 Å². The van der Waals surface area contributed by atoms with Crippen LogP contribution in [0.5, 0.6) is 0 Å². The zero-order valence-corrected chi connectivity index (χ0v) is 20.8. The summed E-state index contributed by atoms with van der Waals surface area (Å²) in [5.41, 5.74) is 3.12. The fourth-order valence-corrected chi connectivity index (χ4v) is 6.13. The minimum atomic E-state index is -3.76. The van der Waals surface area contributed by atoms with E-state index in [-0.39, 0.29) is 15.8 Å². The Balaban J connectivity index is 1.22. The molecule has 0 atom stereocenters. The van der Waals surface area contributed by atoms with Crippen molar-refractivity contribution in [1.29, 1.82) is 0 Å². The lowest BCUT2D eigenvalue weighted by Gasteiger charge is -2.20. The van der Waals surface area contributed by atoms with Crippen LogP contribution in [0.3, 0.4) is 0 Å². The Labute approximate surface area is 210 Å². The molecule has 1 aromatic heterocycles. The number of sulfonamides is 1. The topological polar surface area (TPSA) is 113 Å². The van der Waals surface area contributed by atoms with E-state index < -0.39 is 10.0 Å². The van der Waals surface area contributed by atoms with Crippen molar-refractivity contribution in [2.45, 2.75) is 21.6 Å². The molecule has 5 rings (SSSR count). The molecule has 0 radical (unpaired) electrons. The predicted molar refractivity (Wildman–Crippen MR) is 139 cm³/mol. The fraction of sp³-hybridized carbons (Fsp3) is 0.0417. The highest BCUT2D eigenvalue weighted by atomic mass is 32.2. The highest BCUT2D eigenvalue weighted by molar-refractivity contribution is 7.99. The molecule has 3 aromatic carbocycles. The van der Waals surface area contributed by atoms with Crippen LogP contribution in [-0.4, -0.2) is 24.4 Å². The molecule has 0 amide bonds. The summed E-state index contributed by atoms with van der Waals surface area (Å²) in [6.45, 7) is 1.74. The van der Waals surface area contributed by atoms with Gasteiger partial charge >= 0.3 is 0 Å². The Bertz CT molecular complexity index is 1550. The van der Waals surface area contributed by atoms with Crippen LogP contribution < -0.4 is 15.4 Å². The minimum absolute atomic E-state index is 0.0944. The zero-order valence-electron chi connectivity index (χ0n) is 18.3. The molecule has 0 saturated carbocycles. The number of carbonyl (C=O) groups is 1. The first-order chi connectivity index (χ1) is 16.9. The fourth-order valence-electron chi connectivity index (χ4n) is 3.34. The lowest BCUT2D eigenvalue weighted by atomic mass is 10.1. The molecule has 0 fully saturated rings. The van der Waals surface area contributed by atoms with E-state index in [1.807, 2.05) is 30.3 Å². The summed E-state index contributed by atoms with van der Waals surface area (Å²) in [4.78, 5) is 15.0. The van der Waals surface area contributed by atoms with Gasteiger partial charge in [0.15, 0.2) is 5.78 Å². The largest absolute Gasteiger partial charge is 0.362 e. The maximum Gasteiger partial charge on any atom is 0.263 e. The average Bonchev–Trinajstić information content (AvgIpc) is 3.26. The number of aryl methyl sites for hydroxylation is 1. The summed E-state index contributed by atoms with van der Waals surface area (Å²) in [6, 6.07) is 19.8. The van der Waals surface area contributed by atoms with Crippen LogP contribution >= 0.6 is 23.1 Å². The molecule has 176 valence electrons. The van der Waals surface area contributed by atoms with Crippen molar-refractivity contribution in [2.24, 2.45) is 0 Å². The van der Waals surface area contributed by atoms with Gasteiger partial charge in [-0.1, -0.05) is 35.2 Å². The van der Waals surface area contributed by atoms with Gasteiger partial charge in [0.2, 0.25) is 5.13 Å². The maximum atomic E-state index is 12.7. The second-order valence-corrected chi connectivity index (χ2v) is 11.5. The third-order valence-corrected chi connectivity index (χ3v) is 8.43. The van der Waals surface area contributed by atoms with Crippen molar-refractivity contribution in [3.8, 4) is 0 Å². The smallest absolute Gasteiger partial charge is 0.263 e. The monoisotopic (exact) mass is 521 g/mol. The van der Waals surface area contributed by atoms with E-state index in [0.29, 0.717) is 16.3 Å². The van der Waals surface area contributed by atoms with E-state index in [2.05, 4.69) is 31.6 Å². The molecule has 0 spiro atoms. The summed E-state index contributed by atoms with van der Waals surface area (Å²) in [5, 5.41) is 14.8. The first kappa shape index (κ1) is 23.1. The number of anilines is 4. The van der Waals surface area contributed by atoms with Crippen molar-refractivity contribution in [2.75, 3.05) is 15.4 Å². The standard InChI is InChI=1S/C24H19N5O3S3/c1-15-27-28-24(33-15)29-35(31,32)18-9-7-17(8-10-18)25-13-12-21(30)16-6-11-23-20(14-16)26-19-4-2-3-5-22(19)34-23/h2-14,25-26H,1H3,(H,28,29)/b13-12-. The molecule has 0 unspecified atom stereocenters. The van der Waals surface area contributed by atoms with Crippen LogP contribution in [0.4, 0.5) is 22.2 Å². The first-order valence-corrected chi connectivity index (χ1v) is 13.6. The van der Waals surface area contributed by atoms with Gasteiger partial charge in [-0.2, -0.15) is 0 Å². The number of allylic oxidation sites excluding steroid dienone is 1. The minimum Gasteiger partial charge on any atom is -0.362 e. The van der Waals surface area contributed by atoms with Gasteiger partial charge in [0.25, 0.3) is 10.0 Å². The quantitative estimate of drug-likeness (QED) is 0.186. The van der Waals surface area contributed by atoms with Crippen LogP contribution in [0.2, 0.25) is 0 Å². The number of hydrogen-bond donors (Lipinski definition) is 3. The molecule has 2 heterocycles. The number of aromatic nitrogens is 2. The molecule has 1 aliphatic heterocycles. The third-order valence-electron chi connectivity index (χ3n) is 5.04. The SMILES string of the molecule is Cc1nnc(NS(=O)(=O)c2ccc(N/C=C\C(=O)c3ccc4c(c3)Nc3ccccc3S4)cc2)s1. The predicted octanol–water partition coefficient (Wildman–Crippen LogP) is 5.66. The molecule has 8 nitrogen and oxygen atoms in total. The lowest BCUT2D eigenvalue weighted by Crippen LogP contribution is -2.12. The summed E-state index contributed by atoms with van der Waals surface area (Å²) in [6.07, 6.45) is 2.97. The van der Waals surface area contributed by atoms with Crippen molar-refractivity contribution in [3.63, 3.8) is 0 Å². The summed E-state index contributed by atoms with van der Waals surface area (Å²) < 4.78 is 27.4. The normalized spacial score (nSPS) is 12.5. The molecule has 0 saturated heterocycles. The van der Waals surface area contributed by atoms with Crippen LogP contribution in [0.25, 0.3) is 0 Å². The number of para-hydroxylation sites is 1. The number of ketones is 1. The molecule has 4 aromatic rings. The summed E-state index contributed by atoms with van der Waals surface area (Å²) >= 11 is 2.82. The number of nitrogens with one attached hydrogen (secondary N) is 3. The maximum absolute atomic E-state index is 12.7. The number of fused-ring (bicyclic) bond motifs is 2. The van der Waals surface area contributed by atoms with E-state index in [4.69, 9.17) is 0 Å². The number of benzene rings is 3. The van der Waals surface area contributed by atoms with Crippen molar-refractivity contribution in [1.82, 2.24) is 10.2 Å². The van der Waals surface area contributed by atoms with Crippen LogP contribution in [-0.2, 0) is 10.0 Å². The molecule has 0 bridgehead atoms. The highest BCUT2D eigenvalue weighted by Crippen LogP contribution is 2.44. The Morgan fingerprint density at radius 3 is 2.51 bits per heavy atom. The molecule has 3 N–H and O–H groups in total. The van der Waals surface area contributed by atoms with E-state index in [1.54, 1.807) is 36.9 Å². The Kier molecular flexibility index (Phi) is 6.29. The van der Waals surface area contributed by atoms with E-state index >= 15 is 0 Å². The van der Waals surface area contributed by atoms with Gasteiger partial charge in [0.1, 0.15) is 5.01 Å². The third kappa shape index (κ3) is 5.21. The first-order valence-electron chi connectivity index (χ1n) is 10.5. The number of carbonyl (C=O) groups excluding carboxylic acids is 1. The Morgan fingerprint density at radius 2 is 1.74 bits per heavy atom. The molecular formula is C24H19N5O3S3. The van der Waals surface area contributed by atoms with Gasteiger partial charge in [-0.25, -0.2) is 8.42 Å². The summed E-state index contributed by atoms with van der Waals surface area (Å²) in [5.74, 6) is -0.151. The van der Waals surface area contributed by atoms with Crippen molar-refractivity contribution in [3.05, 3.63) is 89.6 Å². The molecule has 35 heavy (non-hydrogen) atoms. The van der Waals surface area contributed by atoms with Crippen LogP contribution in [0.15, 0.2) is 93.7 Å². The van der Waals surface area contributed by atoms with Crippen LogP contribution in [0, 0.1) is 6.92 Å². The highest BCUT2D eigenvalue weighted by Gasteiger charge is 2.17. The molecule has 0 aliphatic carbocycles. The van der Waals surface area contributed by atoms with E-state index in [1.165, 1.54) is 24.4 Å². The number of rotatable bonds is 7. The Hall–Kier alpha value is -3.67. The van der Waals surface area contributed by atoms with Crippen molar-refractivity contribution >= 4 is 61.1 Å². The van der Waals surface area contributed by atoms with E-state index in [9.17, 15) is 13.2 Å². The average molecular weight is 522 g/mol. The lowest BCUT2D eigenvalue weighted by molar-refractivity contribution is 0.104. The van der Waals surface area contributed by atoms with Gasteiger partial charge < -0.3 is 10.6 Å². The second-order valence-electron chi connectivity index (χ2n) is 7.53. The summed E-state index contributed by atoms with van der Waals surface area (Å²) in [7, 11) is -3.76. The molecule has 11 heteroatoms. The van der Waals surface area contributed by atoms with Crippen molar-refractivity contribution < 1.29 is 13.2 Å². The number of nitrogens with zero attached hydrogens (tertiary/aromatic N) is 2. The van der Waals surface area contributed by atoms with E-state index in [0.717, 1.165) is 32.5 Å². The van der Waals surface area contributed by atoms with Gasteiger partial charge in [-0.3, -0.25) is 9.52 Å².